The molecule has 0 unspecified atom stereocenters. The number of thiazole rings is 1. The van der Waals surface area contributed by atoms with Gasteiger partial charge in [0, 0.05) is 26.7 Å². The molecule has 0 fully saturated rings. The van der Waals surface area contributed by atoms with E-state index in [-0.39, 0.29) is 5.91 Å². The maximum Gasteiger partial charge on any atom is 0.219 e. The number of amides is 1. The van der Waals surface area contributed by atoms with Gasteiger partial charge >= 0.3 is 0 Å². The van der Waals surface area contributed by atoms with Crippen LogP contribution in [0.1, 0.15) is 30.7 Å². The average molecular weight is 306 g/mol. The molecule has 5 heteroatoms. The van der Waals surface area contributed by atoms with Crippen molar-refractivity contribution >= 4 is 27.5 Å². The Kier molecular flexibility index (Phi) is 6.63. The first kappa shape index (κ1) is 15.9. The number of rotatable bonds is 9. The smallest absolute Gasteiger partial charge is 0.219 e. The first-order valence-corrected chi connectivity index (χ1v) is 8.21. The second kappa shape index (κ2) is 8.74. The van der Waals surface area contributed by atoms with E-state index in [0.717, 1.165) is 36.2 Å². The molecule has 4 nitrogen and oxygen atoms in total. The van der Waals surface area contributed by atoms with Crippen molar-refractivity contribution in [2.75, 3.05) is 20.3 Å². The van der Waals surface area contributed by atoms with Crippen LogP contribution in [0.2, 0.25) is 0 Å². The van der Waals surface area contributed by atoms with E-state index in [1.165, 1.54) is 4.70 Å². The van der Waals surface area contributed by atoms with Crippen molar-refractivity contribution in [3.8, 4) is 0 Å². The van der Waals surface area contributed by atoms with Gasteiger partial charge in [-0.3, -0.25) is 4.79 Å². The van der Waals surface area contributed by atoms with Crippen LogP contribution in [0.15, 0.2) is 24.3 Å². The monoisotopic (exact) mass is 306 g/mol. The van der Waals surface area contributed by atoms with E-state index in [9.17, 15) is 4.79 Å². The molecule has 0 aliphatic heterocycles. The number of aromatic nitrogens is 1. The summed E-state index contributed by atoms with van der Waals surface area (Å²) in [5.41, 5.74) is 1.08. The van der Waals surface area contributed by atoms with Crippen molar-refractivity contribution in [3.05, 3.63) is 29.3 Å². The maximum absolute atomic E-state index is 11.6. The third-order valence-corrected chi connectivity index (χ3v) is 4.33. The normalized spacial score (nSPS) is 10.9. The van der Waals surface area contributed by atoms with Crippen LogP contribution in [0.3, 0.4) is 0 Å². The SMILES string of the molecule is COCCCNC(=O)CCCCc1nc2ccccc2s1. The van der Waals surface area contributed by atoms with Crippen LogP contribution in [0.5, 0.6) is 0 Å². The number of fused-ring (bicyclic) bond motifs is 1. The molecule has 21 heavy (non-hydrogen) atoms. The average Bonchev–Trinajstić information content (AvgIpc) is 2.91. The lowest BCUT2D eigenvalue weighted by Gasteiger charge is -2.04. The van der Waals surface area contributed by atoms with Crippen molar-refractivity contribution in [3.63, 3.8) is 0 Å². The Balaban J connectivity index is 1.62. The maximum atomic E-state index is 11.6. The van der Waals surface area contributed by atoms with Gasteiger partial charge in [-0.2, -0.15) is 0 Å². The van der Waals surface area contributed by atoms with E-state index >= 15 is 0 Å². The Morgan fingerprint density at radius 3 is 2.95 bits per heavy atom. The number of carbonyl (C=O) groups excluding carboxylic acids is 1. The summed E-state index contributed by atoms with van der Waals surface area (Å²) < 4.78 is 6.18. The molecule has 1 amide bonds. The fourth-order valence-corrected chi connectivity index (χ4v) is 3.13. The topological polar surface area (TPSA) is 51.2 Å². The minimum atomic E-state index is 0.135. The largest absolute Gasteiger partial charge is 0.385 e. The zero-order valence-electron chi connectivity index (χ0n) is 12.4. The summed E-state index contributed by atoms with van der Waals surface area (Å²) in [7, 11) is 1.67. The number of benzene rings is 1. The van der Waals surface area contributed by atoms with Gasteiger partial charge in [0.05, 0.1) is 15.2 Å². The minimum Gasteiger partial charge on any atom is -0.385 e. The third kappa shape index (κ3) is 5.44. The molecule has 0 aliphatic rings. The van der Waals surface area contributed by atoms with Crippen LogP contribution >= 0.6 is 11.3 Å². The lowest BCUT2D eigenvalue weighted by atomic mass is 10.2. The molecule has 0 bridgehead atoms. The van der Waals surface area contributed by atoms with E-state index in [1.54, 1.807) is 18.4 Å². The molecule has 114 valence electrons. The molecule has 0 atom stereocenters. The van der Waals surface area contributed by atoms with Gasteiger partial charge in [0.15, 0.2) is 0 Å². The van der Waals surface area contributed by atoms with Gasteiger partial charge in [-0.05, 0) is 37.8 Å². The molecule has 0 saturated heterocycles. The van der Waals surface area contributed by atoms with Crippen molar-refractivity contribution < 1.29 is 9.53 Å². The number of para-hydroxylation sites is 1. The van der Waals surface area contributed by atoms with Crippen LogP contribution in [0, 0.1) is 0 Å². The Morgan fingerprint density at radius 2 is 2.14 bits per heavy atom. The number of aryl methyl sites for hydroxylation is 1. The van der Waals surface area contributed by atoms with Gasteiger partial charge in [-0.15, -0.1) is 11.3 Å². The summed E-state index contributed by atoms with van der Waals surface area (Å²) in [4.78, 5) is 16.2. The van der Waals surface area contributed by atoms with E-state index < -0.39 is 0 Å². The summed E-state index contributed by atoms with van der Waals surface area (Å²) in [5.74, 6) is 0.135. The molecule has 1 heterocycles. The number of carbonyl (C=O) groups is 1. The lowest BCUT2D eigenvalue weighted by Crippen LogP contribution is -2.24. The molecule has 0 spiro atoms. The van der Waals surface area contributed by atoms with E-state index in [0.29, 0.717) is 19.6 Å². The van der Waals surface area contributed by atoms with E-state index in [4.69, 9.17) is 4.74 Å². The highest BCUT2D eigenvalue weighted by Crippen LogP contribution is 2.22. The second-order valence-corrected chi connectivity index (χ2v) is 6.09. The first-order chi connectivity index (χ1) is 10.3. The molecule has 2 aromatic rings. The molecule has 0 saturated carbocycles. The molecular weight excluding hydrogens is 284 g/mol. The zero-order valence-corrected chi connectivity index (χ0v) is 13.2. The number of ether oxygens (including phenoxy) is 1. The van der Waals surface area contributed by atoms with Crippen LogP contribution < -0.4 is 5.32 Å². The Labute approximate surface area is 129 Å². The molecule has 1 aromatic carbocycles. The number of methoxy groups -OCH3 is 1. The molecule has 1 aromatic heterocycles. The Hall–Kier alpha value is -1.46. The highest BCUT2D eigenvalue weighted by Gasteiger charge is 2.04. The highest BCUT2D eigenvalue weighted by molar-refractivity contribution is 7.18. The van der Waals surface area contributed by atoms with Crippen molar-refractivity contribution in [1.82, 2.24) is 10.3 Å². The third-order valence-electron chi connectivity index (χ3n) is 3.23. The number of hydrogen-bond acceptors (Lipinski definition) is 4. The summed E-state index contributed by atoms with van der Waals surface area (Å²) in [6.07, 6.45) is 4.33. The predicted octanol–water partition coefficient (Wildman–Crippen LogP) is 3.16. The summed E-state index contributed by atoms with van der Waals surface area (Å²) in [5, 5.41) is 4.07. The fourth-order valence-electron chi connectivity index (χ4n) is 2.12. The molecule has 0 radical (unpaired) electrons. The minimum absolute atomic E-state index is 0.135. The number of nitrogens with zero attached hydrogens (tertiary/aromatic N) is 1. The van der Waals surface area contributed by atoms with Gasteiger partial charge in [0.1, 0.15) is 0 Å². The van der Waals surface area contributed by atoms with Crippen molar-refractivity contribution in [2.45, 2.75) is 32.1 Å². The van der Waals surface area contributed by atoms with Crippen LogP contribution in [-0.2, 0) is 16.0 Å². The van der Waals surface area contributed by atoms with Gasteiger partial charge in [-0.1, -0.05) is 12.1 Å². The molecule has 2 rings (SSSR count). The lowest BCUT2D eigenvalue weighted by molar-refractivity contribution is -0.121. The summed E-state index contributed by atoms with van der Waals surface area (Å²) in [6.45, 7) is 1.39. The number of unbranched alkanes of at least 4 members (excludes halogenated alkanes) is 1. The van der Waals surface area contributed by atoms with E-state index in [2.05, 4.69) is 16.4 Å². The van der Waals surface area contributed by atoms with Crippen LogP contribution in [0.4, 0.5) is 0 Å². The van der Waals surface area contributed by atoms with E-state index in [1.807, 2.05) is 18.2 Å². The second-order valence-electron chi connectivity index (χ2n) is 4.98. The van der Waals surface area contributed by atoms with Gasteiger partial charge < -0.3 is 10.1 Å². The summed E-state index contributed by atoms with van der Waals surface area (Å²) in [6, 6.07) is 8.20. The number of hydrogen-bond donors (Lipinski definition) is 1. The fraction of sp³-hybridized carbons (Fsp3) is 0.500. The van der Waals surface area contributed by atoms with Gasteiger partial charge in [0.25, 0.3) is 0 Å². The van der Waals surface area contributed by atoms with Gasteiger partial charge in [0.2, 0.25) is 5.91 Å². The molecule has 0 aliphatic carbocycles. The molecular formula is C16H22N2O2S. The quantitative estimate of drug-likeness (QED) is 0.724. The molecule has 1 N–H and O–H groups in total. The van der Waals surface area contributed by atoms with Crippen LogP contribution in [0.25, 0.3) is 10.2 Å². The Morgan fingerprint density at radius 1 is 1.29 bits per heavy atom. The highest BCUT2D eigenvalue weighted by atomic mass is 32.1. The standard InChI is InChI=1S/C16H22N2O2S/c1-20-12-6-11-17-15(19)9-4-5-10-16-18-13-7-2-3-8-14(13)21-16/h2-3,7-8H,4-6,9-12H2,1H3,(H,17,19). The van der Waals surface area contributed by atoms with Gasteiger partial charge in [-0.25, -0.2) is 4.98 Å². The Bertz CT molecular complexity index is 535. The van der Waals surface area contributed by atoms with Crippen molar-refractivity contribution in [2.24, 2.45) is 0 Å². The van der Waals surface area contributed by atoms with Crippen molar-refractivity contribution in [1.29, 1.82) is 0 Å². The zero-order chi connectivity index (χ0) is 14.9. The first-order valence-electron chi connectivity index (χ1n) is 7.39. The predicted molar refractivity (Wildman–Crippen MR) is 86.7 cm³/mol. The number of nitrogens with one attached hydrogen (secondary N) is 1. The van der Waals surface area contributed by atoms with Crippen LogP contribution in [-0.4, -0.2) is 31.2 Å². The summed E-state index contributed by atoms with van der Waals surface area (Å²) >= 11 is 1.75.